The predicted octanol–water partition coefficient (Wildman–Crippen LogP) is 2.43. The molecule has 3 heterocycles. The molecule has 2 aromatic rings. The lowest BCUT2D eigenvalue weighted by molar-refractivity contribution is 0.279. The fourth-order valence-electron chi connectivity index (χ4n) is 2.51. The summed E-state index contributed by atoms with van der Waals surface area (Å²) in [5, 5.41) is 10.1. The monoisotopic (exact) mass is 341 g/mol. The van der Waals surface area contributed by atoms with Crippen molar-refractivity contribution in [2.45, 2.75) is 38.0 Å². The van der Waals surface area contributed by atoms with Crippen molar-refractivity contribution >= 4 is 11.8 Å². The van der Waals surface area contributed by atoms with E-state index in [0.717, 1.165) is 11.6 Å². The first-order valence-electron chi connectivity index (χ1n) is 7.64. The van der Waals surface area contributed by atoms with E-state index >= 15 is 0 Å². The van der Waals surface area contributed by atoms with Crippen molar-refractivity contribution in [3.05, 3.63) is 39.9 Å². The lowest BCUT2D eigenvalue weighted by atomic mass is 9.91. The number of hydrogen-bond donors (Lipinski definition) is 0. The Hall–Kier alpha value is -2.17. The van der Waals surface area contributed by atoms with Crippen LogP contribution in [0.3, 0.4) is 0 Å². The van der Waals surface area contributed by atoms with Crippen LogP contribution >= 0.6 is 11.8 Å². The van der Waals surface area contributed by atoms with E-state index in [4.69, 9.17) is 0 Å². The van der Waals surface area contributed by atoms with Gasteiger partial charge in [0.05, 0.1) is 18.2 Å². The molecule has 7 heteroatoms. The van der Waals surface area contributed by atoms with Gasteiger partial charge in [0.25, 0.3) is 5.56 Å². The van der Waals surface area contributed by atoms with E-state index in [1.807, 2.05) is 30.1 Å². The van der Waals surface area contributed by atoms with Gasteiger partial charge in [-0.3, -0.25) is 19.2 Å². The van der Waals surface area contributed by atoms with Crippen molar-refractivity contribution in [1.29, 1.82) is 5.26 Å². The second-order valence-electron chi connectivity index (χ2n) is 6.92. The van der Waals surface area contributed by atoms with Crippen LogP contribution in [0.15, 0.2) is 28.3 Å². The van der Waals surface area contributed by atoms with Crippen LogP contribution < -0.4 is 5.56 Å². The van der Waals surface area contributed by atoms with Crippen molar-refractivity contribution in [2.75, 3.05) is 12.9 Å². The van der Waals surface area contributed by atoms with Gasteiger partial charge in [-0.15, -0.1) is 0 Å². The van der Waals surface area contributed by atoms with E-state index in [9.17, 15) is 10.1 Å². The Morgan fingerprint density at radius 2 is 2.08 bits per heavy atom. The first-order valence-corrected chi connectivity index (χ1v) is 8.63. The number of aromatic nitrogens is 3. The van der Waals surface area contributed by atoms with E-state index in [0.29, 0.717) is 23.1 Å². The SMILES string of the molecule is CN1CSc2nc(-c3ccc(C(C)(C)C)nc3)c(C#N)c(=O)n2C1. The number of nitriles is 1. The minimum Gasteiger partial charge on any atom is -0.279 e. The molecule has 1 aliphatic rings. The van der Waals surface area contributed by atoms with Crippen LogP contribution in [0.4, 0.5) is 0 Å². The number of pyridine rings is 1. The summed E-state index contributed by atoms with van der Waals surface area (Å²) >= 11 is 1.49. The molecule has 0 N–H and O–H groups in total. The van der Waals surface area contributed by atoms with Crippen molar-refractivity contribution in [2.24, 2.45) is 0 Å². The third kappa shape index (κ3) is 2.95. The van der Waals surface area contributed by atoms with Gasteiger partial charge in [0.2, 0.25) is 0 Å². The highest BCUT2D eigenvalue weighted by Crippen LogP contribution is 2.27. The standard InChI is InChI=1S/C17H19N5OS/c1-17(2,3)13-6-5-11(8-19-13)14-12(7-18)15(23)22-9-21(4)10-24-16(22)20-14/h5-6,8H,9-10H2,1-4H3. The minimum absolute atomic E-state index is 0.0557. The molecule has 124 valence electrons. The Morgan fingerprint density at radius 3 is 2.67 bits per heavy atom. The quantitative estimate of drug-likeness (QED) is 0.742. The van der Waals surface area contributed by atoms with Gasteiger partial charge in [-0.1, -0.05) is 32.5 Å². The molecule has 0 unspecified atom stereocenters. The van der Waals surface area contributed by atoms with Crippen molar-refractivity contribution < 1.29 is 0 Å². The molecule has 1 aliphatic heterocycles. The average Bonchev–Trinajstić information content (AvgIpc) is 2.54. The fraction of sp³-hybridized carbons (Fsp3) is 0.412. The van der Waals surface area contributed by atoms with Gasteiger partial charge in [0.1, 0.15) is 11.6 Å². The van der Waals surface area contributed by atoms with Crippen molar-refractivity contribution in [3.8, 4) is 17.3 Å². The maximum atomic E-state index is 12.7. The number of thioether (sulfide) groups is 1. The molecule has 0 amide bonds. The number of fused-ring (bicyclic) bond motifs is 1. The van der Waals surface area contributed by atoms with Crippen LogP contribution in [0.2, 0.25) is 0 Å². The fourth-order valence-corrected chi connectivity index (χ4v) is 3.38. The summed E-state index contributed by atoms with van der Waals surface area (Å²) in [5.74, 6) is 0.763. The van der Waals surface area contributed by atoms with Crippen LogP contribution in [-0.4, -0.2) is 32.4 Å². The highest BCUT2D eigenvalue weighted by atomic mass is 32.2. The van der Waals surface area contributed by atoms with E-state index in [1.54, 1.807) is 10.8 Å². The summed E-state index contributed by atoms with van der Waals surface area (Å²) < 4.78 is 1.55. The zero-order valence-electron chi connectivity index (χ0n) is 14.2. The Morgan fingerprint density at radius 1 is 1.33 bits per heavy atom. The van der Waals surface area contributed by atoms with Crippen LogP contribution in [0, 0.1) is 11.3 Å². The van der Waals surface area contributed by atoms with Gasteiger partial charge in [-0.05, 0) is 19.2 Å². The molecule has 2 aromatic heterocycles. The summed E-state index contributed by atoms with van der Waals surface area (Å²) in [4.78, 5) is 23.7. The second kappa shape index (κ2) is 6.04. The van der Waals surface area contributed by atoms with Crippen molar-refractivity contribution in [1.82, 2.24) is 19.4 Å². The van der Waals surface area contributed by atoms with E-state index in [-0.39, 0.29) is 16.5 Å². The van der Waals surface area contributed by atoms with E-state index < -0.39 is 0 Å². The molecule has 0 saturated carbocycles. The molecule has 3 rings (SSSR count). The lowest BCUT2D eigenvalue weighted by Gasteiger charge is -2.25. The molecular weight excluding hydrogens is 322 g/mol. The van der Waals surface area contributed by atoms with Gasteiger partial charge < -0.3 is 0 Å². The molecule has 24 heavy (non-hydrogen) atoms. The summed E-state index contributed by atoms with van der Waals surface area (Å²) in [7, 11) is 1.93. The van der Waals surface area contributed by atoms with Gasteiger partial charge >= 0.3 is 0 Å². The Labute approximate surface area is 145 Å². The Balaban J connectivity index is 2.14. The highest BCUT2D eigenvalue weighted by Gasteiger charge is 2.23. The number of hydrogen-bond acceptors (Lipinski definition) is 6. The Bertz CT molecular complexity index is 874. The molecule has 0 spiro atoms. The largest absolute Gasteiger partial charge is 0.279 e. The van der Waals surface area contributed by atoms with Crippen LogP contribution in [0.5, 0.6) is 0 Å². The highest BCUT2D eigenvalue weighted by molar-refractivity contribution is 7.99. The maximum absolute atomic E-state index is 12.7. The zero-order chi connectivity index (χ0) is 17.5. The predicted molar refractivity (Wildman–Crippen MR) is 93.6 cm³/mol. The summed E-state index contributed by atoms with van der Waals surface area (Å²) in [6, 6.07) is 5.83. The molecule has 0 radical (unpaired) electrons. The van der Waals surface area contributed by atoms with E-state index in [2.05, 4.69) is 30.7 Å². The maximum Gasteiger partial charge on any atom is 0.273 e. The third-order valence-corrected chi connectivity index (χ3v) is 4.99. The van der Waals surface area contributed by atoms with Gasteiger partial charge in [0.15, 0.2) is 5.16 Å². The molecule has 0 bridgehead atoms. The molecule has 6 nitrogen and oxygen atoms in total. The first-order chi connectivity index (χ1) is 11.3. The van der Waals surface area contributed by atoms with Crippen LogP contribution in [-0.2, 0) is 12.1 Å². The summed E-state index contributed by atoms with van der Waals surface area (Å²) in [5.41, 5.74) is 1.78. The summed E-state index contributed by atoms with van der Waals surface area (Å²) in [6.07, 6.45) is 1.69. The lowest BCUT2D eigenvalue weighted by Crippen LogP contribution is -2.36. The minimum atomic E-state index is -0.295. The van der Waals surface area contributed by atoms with E-state index in [1.165, 1.54) is 11.8 Å². The Kier molecular flexibility index (Phi) is 4.20. The van der Waals surface area contributed by atoms with Crippen molar-refractivity contribution in [3.63, 3.8) is 0 Å². The second-order valence-corrected chi connectivity index (χ2v) is 7.83. The topological polar surface area (TPSA) is 74.8 Å². The van der Waals surface area contributed by atoms with Gasteiger partial charge in [0, 0.05) is 22.9 Å². The molecule has 0 fully saturated rings. The first kappa shape index (κ1) is 16.7. The van der Waals surface area contributed by atoms with Crippen LogP contribution in [0.25, 0.3) is 11.3 Å². The normalized spacial score (nSPS) is 15.0. The van der Waals surface area contributed by atoms with Gasteiger partial charge in [-0.25, -0.2) is 4.98 Å². The number of nitrogens with zero attached hydrogens (tertiary/aromatic N) is 5. The average molecular weight is 341 g/mol. The smallest absolute Gasteiger partial charge is 0.273 e. The molecule has 0 aliphatic carbocycles. The molecule has 0 aromatic carbocycles. The third-order valence-electron chi connectivity index (χ3n) is 3.85. The number of rotatable bonds is 1. The molecule has 0 atom stereocenters. The molecule has 0 saturated heterocycles. The van der Waals surface area contributed by atoms with Crippen LogP contribution in [0.1, 0.15) is 32.0 Å². The van der Waals surface area contributed by atoms with Gasteiger partial charge in [-0.2, -0.15) is 5.26 Å². The summed E-state index contributed by atoms with van der Waals surface area (Å²) in [6.45, 7) is 6.72. The molecular formula is C17H19N5OS. The zero-order valence-corrected chi connectivity index (χ0v) is 15.0.